The molecule has 1 heterocycles. The molecule has 2 aromatic rings. The van der Waals surface area contributed by atoms with Crippen LogP contribution in [0.4, 0.5) is 0 Å². The molecule has 1 saturated heterocycles. The Hall–Kier alpha value is -1.80. The highest BCUT2D eigenvalue weighted by Crippen LogP contribution is 2.43. The summed E-state index contributed by atoms with van der Waals surface area (Å²) in [7, 11) is 0. The largest absolute Gasteiger partial charge is 0.394 e. The van der Waals surface area contributed by atoms with Gasteiger partial charge in [0.05, 0.1) is 13.2 Å². The first-order valence-corrected chi connectivity index (χ1v) is 11.6. The zero-order chi connectivity index (χ0) is 22.7. The minimum atomic E-state index is -1.37. The van der Waals surface area contributed by atoms with Crippen LogP contribution in [0, 0.1) is 0 Å². The van der Waals surface area contributed by atoms with Crippen molar-refractivity contribution < 1.29 is 29.9 Å². The smallest absolute Gasteiger partial charge is 0.113 e. The summed E-state index contributed by atoms with van der Waals surface area (Å²) >= 11 is 0. The summed E-state index contributed by atoms with van der Waals surface area (Å²) in [5, 5.41) is 40.3. The quantitative estimate of drug-likeness (QED) is 0.445. The van der Waals surface area contributed by atoms with Crippen LogP contribution < -0.4 is 0 Å². The van der Waals surface area contributed by atoms with Crippen LogP contribution in [0.5, 0.6) is 0 Å². The van der Waals surface area contributed by atoms with Gasteiger partial charge in [0.2, 0.25) is 0 Å². The number of rotatable bonds is 9. The lowest BCUT2D eigenvalue weighted by Gasteiger charge is -2.40. The fourth-order valence-corrected chi connectivity index (χ4v) is 4.50. The van der Waals surface area contributed by atoms with E-state index >= 15 is 0 Å². The molecule has 2 aromatic carbocycles. The van der Waals surface area contributed by atoms with Gasteiger partial charge in [0.1, 0.15) is 30.5 Å². The van der Waals surface area contributed by atoms with Gasteiger partial charge in [0, 0.05) is 6.61 Å². The predicted molar refractivity (Wildman–Crippen MR) is 121 cm³/mol. The van der Waals surface area contributed by atoms with E-state index in [0.29, 0.717) is 5.92 Å². The molecule has 174 valence electrons. The van der Waals surface area contributed by atoms with Crippen LogP contribution in [-0.4, -0.2) is 64.7 Å². The van der Waals surface area contributed by atoms with E-state index < -0.39 is 37.1 Å². The molecule has 6 heteroatoms. The Morgan fingerprint density at radius 2 is 1.66 bits per heavy atom. The summed E-state index contributed by atoms with van der Waals surface area (Å²) < 4.78 is 11.2. The van der Waals surface area contributed by atoms with E-state index in [4.69, 9.17) is 9.47 Å². The standard InChI is InChI=1S/C26H34O6/c1-2-31-12-11-16-3-5-17(6-4-16)13-20-14-19(9-10-21(20)18-7-8-18)26-25(30)24(29)23(28)22(15-27)32-26/h3-6,9-10,14,18,22-30H,2,7-8,11-13,15H2,1H3/t22-,23-,24+,25-,26+/m1/s1. The van der Waals surface area contributed by atoms with E-state index in [1.165, 1.54) is 35.1 Å². The predicted octanol–water partition coefficient (Wildman–Crippen LogP) is 2.25. The highest BCUT2D eigenvalue weighted by molar-refractivity contribution is 5.41. The number of aliphatic hydroxyl groups is 4. The molecule has 1 aliphatic carbocycles. The van der Waals surface area contributed by atoms with Crippen LogP contribution in [0.1, 0.15) is 59.6 Å². The summed E-state index contributed by atoms with van der Waals surface area (Å²) in [6.07, 6.45) is -1.67. The molecule has 1 aliphatic heterocycles. The van der Waals surface area contributed by atoms with E-state index in [1.807, 2.05) is 19.1 Å². The summed E-state index contributed by atoms with van der Waals surface area (Å²) in [5.74, 6) is 0.569. The van der Waals surface area contributed by atoms with Crippen LogP contribution in [-0.2, 0) is 22.3 Å². The normalized spacial score (nSPS) is 28.1. The molecule has 0 unspecified atom stereocenters. The van der Waals surface area contributed by atoms with Crippen molar-refractivity contribution in [3.05, 3.63) is 70.3 Å². The van der Waals surface area contributed by atoms with Gasteiger partial charge in [-0.15, -0.1) is 0 Å². The number of aliphatic hydroxyl groups excluding tert-OH is 4. The highest BCUT2D eigenvalue weighted by atomic mass is 16.5. The fourth-order valence-electron chi connectivity index (χ4n) is 4.50. The average molecular weight is 443 g/mol. The zero-order valence-corrected chi connectivity index (χ0v) is 18.6. The van der Waals surface area contributed by atoms with Crippen LogP contribution in [0.15, 0.2) is 42.5 Å². The molecule has 5 atom stereocenters. The third-order valence-corrected chi connectivity index (χ3v) is 6.56. The number of ether oxygens (including phenoxy) is 2. The van der Waals surface area contributed by atoms with Gasteiger partial charge in [-0.05, 0) is 66.3 Å². The Morgan fingerprint density at radius 1 is 0.938 bits per heavy atom. The first-order chi connectivity index (χ1) is 15.5. The van der Waals surface area contributed by atoms with Gasteiger partial charge >= 0.3 is 0 Å². The van der Waals surface area contributed by atoms with E-state index in [-0.39, 0.29) is 0 Å². The Labute approximate surface area is 189 Å². The minimum absolute atomic E-state index is 0.426. The molecule has 32 heavy (non-hydrogen) atoms. The van der Waals surface area contributed by atoms with E-state index in [1.54, 1.807) is 0 Å². The Morgan fingerprint density at radius 3 is 2.31 bits per heavy atom. The van der Waals surface area contributed by atoms with Crippen molar-refractivity contribution in [3.63, 3.8) is 0 Å². The molecular weight excluding hydrogens is 408 g/mol. The lowest BCUT2D eigenvalue weighted by molar-refractivity contribution is -0.231. The van der Waals surface area contributed by atoms with Gasteiger partial charge in [0.25, 0.3) is 0 Å². The topological polar surface area (TPSA) is 99.4 Å². The van der Waals surface area contributed by atoms with Crippen molar-refractivity contribution in [2.45, 2.75) is 69.0 Å². The first-order valence-electron chi connectivity index (χ1n) is 11.6. The van der Waals surface area contributed by atoms with Gasteiger partial charge in [-0.1, -0.05) is 42.5 Å². The van der Waals surface area contributed by atoms with E-state index in [2.05, 4.69) is 30.3 Å². The maximum atomic E-state index is 10.5. The maximum absolute atomic E-state index is 10.5. The number of hydrogen-bond acceptors (Lipinski definition) is 6. The van der Waals surface area contributed by atoms with Crippen molar-refractivity contribution in [2.75, 3.05) is 19.8 Å². The molecule has 0 spiro atoms. The highest BCUT2D eigenvalue weighted by Gasteiger charge is 2.44. The van der Waals surface area contributed by atoms with Gasteiger partial charge < -0.3 is 29.9 Å². The lowest BCUT2D eigenvalue weighted by Crippen LogP contribution is -2.55. The van der Waals surface area contributed by atoms with Crippen LogP contribution >= 0.6 is 0 Å². The van der Waals surface area contributed by atoms with Crippen molar-refractivity contribution in [2.24, 2.45) is 0 Å². The average Bonchev–Trinajstić information content (AvgIpc) is 3.64. The Bertz CT molecular complexity index is 876. The van der Waals surface area contributed by atoms with Gasteiger partial charge in [-0.2, -0.15) is 0 Å². The molecule has 4 N–H and O–H groups in total. The second-order valence-electron chi connectivity index (χ2n) is 8.92. The maximum Gasteiger partial charge on any atom is 0.113 e. The Balaban J connectivity index is 1.55. The monoisotopic (exact) mass is 442 g/mol. The second kappa shape index (κ2) is 10.4. The third kappa shape index (κ3) is 5.22. The summed E-state index contributed by atoms with van der Waals surface area (Å²) in [6.45, 7) is 3.03. The third-order valence-electron chi connectivity index (χ3n) is 6.56. The fraction of sp³-hybridized carbons (Fsp3) is 0.538. The summed E-state index contributed by atoms with van der Waals surface area (Å²) in [5.41, 5.74) is 5.70. The van der Waals surface area contributed by atoms with Crippen molar-refractivity contribution in [1.82, 2.24) is 0 Å². The van der Waals surface area contributed by atoms with Gasteiger partial charge in [-0.25, -0.2) is 0 Å². The van der Waals surface area contributed by atoms with Crippen molar-refractivity contribution >= 4 is 0 Å². The SMILES string of the molecule is CCOCCc1ccc(Cc2cc([C@@H]3O[C@H](CO)[C@@H](O)[C@H](O)[C@H]3O)ccc2C2CC2)cc1. The Kier molecular flexibility index (Phi) is 7.61. The van der Waals surface area contributed by atoms with Crippen LogP contribution in [0.25, 0.3) is 0 Å². The van der Waals surface area contributed by atoms with Crippen LogP contribution in [0.3, 0.4) is 0 Å². The van der Waals surface area contributed by atoms with Crippen LogP contribution in [0.2, 0.25) is 0 Å². The molecule has 2 fully saturated rings. The number of benzene rings is 2. The minimum Gasteiger partial charge on any atom is -0.394 e. The molecule has 0 amide bonds. The van der Waals surface area contributed by atoms with E-state index in [9.17, 15) is 20.4 Å². The molecule has 0 aromatic heterocycles. The molecule has 6 nitrogen and oxygen atoms in total. The molecular formula is C26H34O6. The lowest BCUT2D eigenvalue weighted by atomic mass is 9.88. The zero-order valence-electron chi connectivity index (χ0n) is 18.6. The van der Waals surface area contributed by atoms with Crippen molar-refractivity contribution in [1.29, 1.82) is 0 Å². The molecule has 0 bridgehead atoms. The summed E-state index contributed by atoms with van der Waals surface area (Å²) in [4.78, 5) is 0. The second-order valence-corrected chi connectivity index (χ2v) is 8.92. The molecule has 2 aliphatic rings. The van der Waals surface area contributed by atoms with Gasteiger partial charge in [0.15, 0.2) is 0 Å². The molecule has 1 saturated carbocycles. The van der Waals surface area contributed by atoms with Crippen molar-refractivity contribution in [3.8, 4) is 0 Å². The first kappa shape index (κ1) is 23.4. The molecule has 0 radical (unpaired) electrons. The summed E-state index contributed by atoms with van der Waals surface area (Å²) in [6, 6.07) is 14.7. The van der Waals surface area contributed by atoms with Gasteiger partial charge in [-0.3, -0.25) is 0 Å². The number of hydrogen-bond donors (Lipinski definition) is 4. The van der Waals surface area contributed by atoms with E-state index in [0.717, 1.165) is 31.6 Å². The molecule has 4 rings (SSSR count).